The number of halogens is 2. The Hall–Kier alpha value is -0.180. The van der Waals surface area contributed by atoms with Crippen molar-refractivity contribution in [1.82, 2.24) is 0 Å². The van der Waals surface area contributed by atoms with E-state index in [0.717, 1.165) is 12.1 Å². The normalized spacial score (nSPS) is 8.22. The summed E-state index contributed by atoms with van der Waals surface area (Å²) in [5, 5.41) is 0. The third-order valence-corrected chi connectivity index (χ3v) is 0.724. The second kappa shape index (κ2) is 3.77. The van der Waals surface area contributed by atoms with Gasteiger partial charge in [-0.1, -0.05) is 0 Å². The van der Waals surface area contributed by atoms with Gasteiger partial charge in [-0.2, -0.15) is 6.07 Å². The molecule has 9 heavy (non-hydrogen) atoms. The minimum absolute atomic E-state index is 0. The topological polar surface area (TPSA) is 0 Å². The summed E-state index contributed by atoms with van der Waals surface area (Å²) >= 11 is 0. The van der Waals surface area contributed by atoms with Crippen molar-refractivity contribution in [2.75, 3.05) is 0 Å². The van der Waals surface area contributed by atoms with Gasteiger partial charge in [0.25, 0.3) is 0 Å². The maximum Gasteiger partial charge on any atom is 1.00 e. The van der Waals surface area contributed by atoms with Crippen LogP contribution >= 0.6 is 0 Å². The Morgan fingerprint density at radius 2 is 1.56 bits per heavy atom. The first-order valence-electron chi connectivity index (χ1n) is 2.12. The maximum atomic E-state index is 11.9. The van der Waals surface area contributed by atoms with E-state index in [1.54, 1.807) is 0 Å². The van der Waals surface area contributed by atoms with Gasteiger partial charge in [0.1, 0.15) is 0 Å². The molecule has 1 rings (SSSR count). The van der Waals surface area contributed by atoms with Crippen molar-refractivity contribution in [3.63, 3.8) is 0 Å². The minimum Gasteiger partial charge on any atom is -0.236 e. The molecule has 0 aliphatic carbocycles. The standard InChI is InChI=1S/C6H3F2.Au/c7-5-2-1-3-6(8)4-5;/h1-3H;/q-1;+1. The van der Waals surface area contributed by atoms with Crippen LogP contribution in [-0.2, 0) is 22.4 Å². The number of hydrogen-bond acceptors (Lipinski definition) is 0. The van der Waals surface area contributed by atoms with Gasteiger partial charge in [-0.3, -0.25) is 0 Å². The second-order valence-corrected chi connectivity index (χ2v) is 1.35. The molecule has 0 saturated heterocycles. The molecule has 0 radical (unpaired) electrons. The Morgan fingerprint density at radius 1 is 1.11 bits per heavy atom. The van der Waals surface area contributed by atoms with Gasteiger partial charge in [0.15, 0.2) is 0 Å². The average Bonchev–Trinajstić information content (AvgIpc) is 1.64. The van der Waals surface area contributed by atoms with Crippen LogP contribution in [0.3, 0.4) is 0 Å². The SMILES string of the molecule is Fc1[c-]c(F)ccc1.[Au+]. The maximum absolute atomic E-state index is 11.9. The molecular formula is C6H3AuF2. The van der Waals surface area contributed by atoms with Crippen molar-refractivity contribution < 1.29 is 31.2 Å². The molecule has 0 bridgehead atoms. The van der Waals surface area contributed by atoms with Crippen LogP contribution in [0.2, 0.25) is 0 Å². The van der Waals surface area contributed by atoms with Gasteiger partial charge in [-0.05, 0) is 0 Å². The molecule has 0 heterocycles. The largest absolute Gasteiger partial charge is 1.00 e. The molecule has 0 fully saturated rings. The van der Waals surface area contributed by atoms with Crippen LogP contribution in [0.5, 0.6) is 0 Å². The number of benzene rings is 1. The Kier molecular flexibility index (Phi) is 3.70. The first kappa shape index (κ1) is 8.82. The molecule has 1 aromatic rings. The molecule has 0 unspecified atom stereocenters. The molecule has 0 spiro atoms. The molecule has 0 atom stereocenters. The predicted molar refractivity (Wildman–Crippen MR) is 25.2 cm³/mol. The van der Waals surface area contributed by atoms with Crippen molar-refractivity contribution in [3.05, 3.63) is 35.9 Å². The summed E-state index contributed by atoms with van der Waals surface area (Å²) in [6.07, 6.45) is 0. The third kappa shape index (κ3) is 2.75. The molecule has 0 aromatic heterocycles. The summed E-state index contributed by atoms with van der Waals surface area (Å²) in [4.78, 5) is 0. The molecular weight excluding hydrogens is 307 g/mol. The fraction of sp³-hybridized carbons (Fsp3) is 0. The summed E-state index contributed by atoms with van der Waals surface area (Å²) in [7, 11) is 0. The Balaban J connectivity index is 0.000000640. The van der Waals surface area contributed by atoms with Crippen LogP contribution in [0.1, 0.15) is 0 Å². The monoisotopic (exact) mass is 310 g/mol. The van der Waals surface area contributed by atoms with Crippen LogP contribution in [0.15, 0.2) is 18.2 Å². The summed E-state index contributed by atoms with van der Waals surface area (Å²) in [6, 6.07) is 5.41. The Bertz CT molecular complexity index is 171. The zero-order valence-corrected chi connectivity index (χ0v) is 6.46. The van der Waals surface area contributed by atoms with Gasteiger partial charge >= 0.3 is 22.4 Å². The van der Waals surface area contributed by atoms with Gasteiger partial charge < -0.3 is 0 Å². The molecule has 0 aliphatic rings. The third-order valence-electron chi connectivity index (χ3n) is 0.724. The van der Waals surface area contributed by atoms with E-state index in [1.807, 2.05) is 6.07 Å². The smallest absolute Gasteiger partial charge is 0.236 e. The van der Waals surface area contributed by atoms with Crippen molar-refractivity contribution in [2.24, 2.45) is 0 Å². The summed E-state index contributed by atoms with van der Waals surface area (Å²) in [5.74, 6) is -1.32. The van der Waals surface area contributed by atoms with Crippen LogP contribution < -0.4 is 0 Å². The molecule has 1 aromatic carbocycles. The van der Waals surface area contributed by atoms with Crippen LogP contribution in [0.4, 0.5) is 8.78 Å². The number of hydrogen-bond donors (Lipinski definition) is 0. The van der Waals surface area contributed by atoms with E-state index in [-0.39, 0.29) is 22.4 Å². The fourth-order valence-electron chi connectivity index (χ4n) is 0.414. The van der Waals surface area contributed by atoms with Crippen LogP contribution in [0.25, 0.3) is 0 Å². The van der Waals surface area contributed by atoms with E-state index in [9.17, 15) is 8.78 Å². The van der Waals surface area contributed by atoms with Gasteiger partial charge in [-0.15, -0.1) is 18.2 Å². The summed E-state index contributed by atoms with van der Waals surface area (Å²) in [6.45, 7) is 0. The molecule has 0 nitrogen and oxygen atoms in total. The van der Waals surface area contributed by atoms with E-state index in [1.165, 1.54) is 6.07 Å². The minimum atomic E-state index is -0.662. The first-order valence-corrected chi connectivity index (χ1v) is 2.12. The molecule has 0 saturated carbocycles. The van der Waals surface area contributed by atoms with Gasteiger partial charge in [0.2, 0.25) is 0 Å². The van der Waals surface area contributed by atoms with Crippen molar-refractivity contribution in [3.8, 4) is 0 Å². The average molecular weight is 310 g/mol. The van der Waals surface area contributed by atoms with Crippen molar-refractivity contribution in [1.29, 1.82) is 0 Å². The van der Waals surface area contributed by atoms with E-state index in [2.05, 4.69) is 0 Å². The molecule has 0 N–H and O–H groups in total. The van der Waals surface area contributed by atoms with Crippen LogP contribution in [-0.4, -0.2) is 0 Å². The van der Waals surface area contributed by atoms with E-state index >= 15 is 0 Å². The summed E-state index contributed by atoms with van der Waals surface area (Å²) < 4.78 is 23.7. The van der Waals surface area contributed by atoms with E-state index in [4.69, 9.17) is 0 Å². The Morgan fingerprint density at radius 3 is 1.78 bits per heavy atom. The van der Waals surface area contributed by atoms with Gasteiger partial charge in [0.05, 0.1) is 0 Å². The quantitative estimate of drug-likeness (QED) is 0.506. The number of rotatable bonds is 0. The van der Waals surface area contributed by atoms with E-state index in [0.29, 0.717) is 0 Å². The predicted octanol–water partition coefficient (Wildman–Crippen LogP) is 1.76. The van der Waals surface area contributed by atoms with Crippen LogP contribution in [0, 0.1) is 17.7 Å². The molecule has 0 amide bonds. The zero-order chi connectivity index (χ0) is 5.98. The van der Waals surface area contributed by atoms with Gasteiger partial charge in [0, 0.05) is 11.6 Å². The van der Waals surface area contributed by atoms with Crippen molar-refractivity contribution >= 4 is 0 Å². The Labute approximate surface area is 67.4 Å². The first-order chi connectivity index (χ1) is 3.79. The molecule has 52 valence electrons. The van der Waals surface area contributed by atoms with E-state index < -0.39 is 11.6 Å². The van der Waals surface area contributed by atoms with Gasteiger partial charge in [-0.25, -0.2) is 8.78 Å². The summed E-state index contributed by atoms with van der Waals surface area (Å²) in [5.41, 5.74) is 0. The molecule has 0 aliphatic heterocycles. The zero-order valence-electron chi connectivity index (χ0n) is 4.29. The fourth-order valence-corrected chi connectivity index (χ4v) is 0.414. The van der Waals surface area contributed by atoms with Crippen molar-refractivity contribution in [2.45, 2.75) is 0 Å². The molecule has 3 heteroatoms. The second-order valence-electron chi connectivity index (χ2n) is 1.35.